The fraction of sp³-hybridized carbons (Fsp3) is 0.500. The highest BCUT2D eigenvalue weighted by Crippen LogP contribution is 2.19. The van der Waals surface area contributed by atoms with E-state index in [4.69, 9.17) is 0 Å². The Morgan fingerprint density at radius 2 is 1.95 bits per heavy atom. The van der Waals surface area contributed by atoms with Crippen LogP contribution >= 0.6 is 0 Å². The molecule has 2 N–H and O–H groups in total. The maximum absolute atomic E-state index is 12.3. The van der Waals surface area contributed by atoms with Gasteiger partial charge in [-0.3, -0.25) is 4.99 Å². The monoisotopic (exact) mass is 285 g/mol. The summed E-state index contributed by atoms with van der Waals surface area (Å²) >= 11 is 0. The number of nitrogens with zero attached hydrogens (tertiary/aromatic N) is 1. The van der Waals surface area contributed by atoms with Crippen LogP contribution in [0.1, 0.15) is 26.3 Å². The van der Waals surface area contributed by atoms with Gasteiger partial charge in [0.1, 0.15) is 5.75 Å². The molecule has 0 saturated carbocycles. The zero-order chi connectivity index (χ0) is 15.2. The zero-order valence-electron chi connectivity index (χ0n) is 12.2. The van der Waals surface area contributed by atoms with Crippen molar-refractivity contribution in [3.8, 4) is 5.75 Å². The highest BCUT2D eigenvalue weighted by atomic mass is 19.3. The molecule has 112 valence electrons. The summed E-state index contributed by atoms with van der Waals surface area (Å²) in [5, 5.41) is 6.26. The molecule has 1 aromatic rings. The predicted octanol–water partition coefficient (Wildman–Crippen LogP) is 2.75. The van der Waals surface area contributed by atoms with Crippen molar-refractivity contribution in [1.29, 1.82) is 0 Å². The first-order chi connectivity index (χ1) is 9.31. The van der Waals surface area contributed by atoms with Crippen LogP contribution in [0.25, 0.3) is 0 Å². The first kappa shape index (κ1) is 16.2. The molecule has 0 aliphatic heterocycles. The van der Waals surface area contributed by atoms with Gasteiger partial charge in [-0.1, -0.05) is 18.2 Å². The van der Waals surface area contributed by atoms with Crippen LogP contribution in [-0.4, -0.2) is 25.2 Å². The Kier molecular flexibility index (Phi) is 5.73. The molecule has 20 heavy (non-hydrogen) atoms. The third kappa shape index (κ3) is 5.86. The van der Waals surface area contributed by atoms with Crippen molar-refractivity contribution in [2.45, 2.75) is 39.5 Å². The minimum absolute atomic E-state index is 0.138. The van der Waals surface area contributed by atoms with Gasteiger partial charge < -0.3 is 15.4 Å². The van der Waals surface area contributed by atoms with E-state index in [1.807, 2.05) is 20.8 Å². The lowest BCUT2D eigenvalue weighted by Crippen LogP contribution is -2.47. The Bertz CT molecular complexity index is 456. The lowest BCUT2D eigenvalue weighted by molar-refractivity contribution is -0.0504. The van der Waals surface area contributed by atoms with Crippen LogP contribution in [-0.2, 0) is 6.54 Å². The van der Waals surface area contributed by atoms with Gasteiger partial charge >= 0.3 is 6.61 Å². The summed E-state index contributed by atoms with van der Waals surface area (Å²) in [6, 6.07) is 6.68. The number of nitrogens with one attached hydrogen (secondary N) is 2. The van der Waals surface area contributed by atoms with E-state index in [0.29, 0.717) is 18.1 Å². The molecule has 0 fully saturated rings. The third-order valence-electron chi connectivity index (χ3n) is 2.35. The Morgan fingerprint density at radius 1 is 1.30 bits per heavy atom. The second kappa shape index (κ2) is 7.07. The first-order valence-corrected chi connectivity index (χ1v) is 6.33. The molecule has 0 aliphatic carbocycles. The van der Waals surface area contributed by atoms with Gasteiger partial charge in [0.2, 0.25) is 0 Å². The lowest BCUT2D eigenvalue weighted by atomic mass is 10.1. The standard InChI is InChI=1S/C14H21F2N3O/c1-14(2,3)19-13(17-4)18-9-10-7-5-6-8-11(10)20-12(15)16/h5-8,12H,9H2,1-4H3,(H2,17,18,19). The number of hydrogen-bond acceptors (Lipinski definition) is 2. The van der Waals surface area contributed by atoms with Crippen molar-refractivity contribution in [2.75, 3.05) is 7.05 Å². The first-order valence-electron chi connectivity index (χ1n) is 6.33. The molecule has 0 bridgehead atoms. The number of hydrogen-bond donors (Lipinski definition) is 2. The van der Waals surface area contributed by atoms with E-state index < -0.39 is 6.61 Å². The maximum atomic E-state index is 12.3. The molecular weight excluding hydrogens is 264 g/mol. The molecule has 0 aliphatic rings. The Labute approximate surface area is 118 Å². The van der Waals surface area contributed by atoms with Crippen LogP contribution in [0.3, 0.4) is 0 Å². The fourth-order valence-corrected chi connectivity index (χ4v) is 1.57. The number of guanidine groups is 1. The lowest BCUT2D eigenvalue weighted by Gasteiger charge is -2.24. The number of aliphatic imine (C=N–C) groups is 1. The molecule has 1 aromatic carbocycles. The Hall–Kier alpha value is -1.85. The topological polar surface area (TPSA) is 45.7 Å². The van der Waals surface area contributed by atoms with Crippen molar-refractivity contribution in [3.63, 3.8) is 0 Å². The SMILES string of the molecule is CN=C(NCc1ccccc1OC(F)F)NC(C)(C)C. The van der Waals surface area contributed by atoms with Crippen LogP contribution in [0.15, 0.2) is 29.3 Å². The van der Waals surface area contributed by atoms with Crippen LogP contribution in [0.2, 0.25) is 0 Å². The predicted molar refractivity (Wildman–Crippen MR) is 76.2 cm³/mol. The van der Waals surface area contributed by atoms with E-state index >= 15 is 0 Å². The van der Waals surface area contributed by atoms with Crippen molar-refractivity contribution >= 4 is 5.96 Å². The summed E-state index contributed by atoms with van der Waals surface area (Å²) in [5.41, 5.74) is 0.505. The van der Waals surface area contributed by atoms with Crippen molar-refractivity contribution in [1.82, 2.24) is 10.6 Å². The number of benzene rings is 1. The number of para-hydroxylation sites is 1. The molecule has 0 heterocycles. The number of ether oxygens (including phenoxy) is 1. The second-order valence-electron chi connectivity index (χ2n) is 5.29. The average Bonchev–Trinajstić information content (AvgIpc) is 2.34. The summed E-state index contributed by atoms with van der Waals surface area (Å²) < 4.78 is 29.1. The van der Waals surface area contributed by atoms with Gasteiger partial charge in [0.25, 0.3) is 0 Å². The summed E-state index contributed by atoms with van der Waals surface area (Å²) in [6.07, 6.45) is 0. The van der Waals surface area contributed by atoms with E-state index in [9.17, 15) is 8.78 Å². The largest absolute Gasteiger partial charge is 0.434 e. The number of rotatable bonds is 4. The molecule has 0 amide bonds. The molecule has 0 atom stereocenters. The summed E-state index contributed by atoms with van der Waals surface area (Å²) in [4.78, 5) is 4.08. The Balaban J connectivity index is 2.69. The summed E-state index contributed by atoms with van der Waals surface area (Å²) in [7, 11) is 1.66. The van der Waals surface area contributed by atoms with E-state index in [-0.39, 0.29) is 11.3 Å². The highest BCUT2D eigenvalue weighted by Gasteiger charge is 2.13. The molecule has 4 nitrogen and oxygen atoms in total. The van der Waals surface area contributed by atoms with Gasteiger partial charge in [0, 0.05) is 24.7 Å². The Morgan fingerprint density at radius 3 is 2.50 bits per heavy atom. The van der Waals surface area contributed by atoms with Gasteiger partial charge in [-0.25, -0.2) is 0 Å². The minimum Gasteiger partial charge on any atom is -0.434 e. The maximum Gasteiger partial charge on any atom is 0.387 e. The quantitative estimate of drug-likeness (QED) is 0.660. The van der Waals surface area contributed by atoms with Crippen LogP contribution in [0, 0.1) is 0 Å². The highest BCUT2D eigenvalue weighted by molar-refractivity contribution is 5.80. The third-order valence-corrected chi connectivity index (χ3v) is 2.35. The number of halogens is 2. The van der Waals surface area contributed by atoms with E-state index in [1.54, 1.807) is 25.2 Å². The fourth-order valence-electron chi connectivity index (χ4n) is 1.57. The molecule has 0 unspecified atom stereocenters. The normalized spacial score (nSPS) is 12.4. The van der Waals surface area contributed by atoms with Gasteiger partial charge in [-0.05, 0) is 26.8 Å². The van der Waals surface area contributed by atoms with Crippen molar-refractivity contribution in [2.24, 2.45) is 4.99 Å². The molecule has 0 spiro atoms. The van der Waals surface area contributed by atoms with Gasteiger partial charge in [-0.15, -0.1) is 0 Å². The van der Waals surface area contributed by atoms with Crippen LogP contribution < -0.4 is 15.4 Å². The summed E-state index contributed by atoms with van der Waals surface area (Å²) in [5.74, 6) is 0.769. The summed E-state index contributed by atoms with van der Waals surface area (Å²) in [6.45, 7) is 3.54. The average molecular weight is 285 g/mol. The zero-order valence-corrected chi connectivity index (χ0v) is 12.2. The molecule has 0 aromatic heterocycles. The number of alkyl halides is 2. The smallest absolute Gasteiger partial charge is 0.387 e. The van der Waals surface area contributed by atoms with Gasteiger partial charge in [0.05, 0.1) is 0 Å². The minimum atomic E-state index is -2.83. The van der Waals surface area contributed by atoms with E-state index in [2.05, 4.69) is 20.4 Å². The molecular formula is C14H21F2N3O. The second-order valence-corrected chi connectivity index (χ2v) is 5.29. The molecule has 0 saturated heterocycles. The van der Waals surface area contributed by atoms with Crippen molar-refractivity contribution in [3.05, 3.63) is 29.8 Å². The van der Waals surface area contributed by atoms with Crippen molar-refractivity contribution < 1.29 is 13.5 Å². The van der Waals surface area contributed by atoms with Gasteiger partial charge in [0.15, 0.2) is 5.96 Å². The van der Waals surface area contributed by atoms with Crippen LogP contribution in [0.5, 0.6) is 5.75 Å². The van der Waals surface area contributed by atoms with Gasteiger partial charge in [-0.2, -0.15) is 8.78 Å². The van der Waals surface area contributed by atoms with E-state index in [0.717, 1.165) is 0 Å². The molecule has 1 rings (SSSR count). The molecule has 0 radical (unpaired) electrons. The van der Waals surface area contributed by atoms with Crippen LogP contribution in [0.4, 0.5) is 8.78 Å². The molecule has 6 heteroatoms. The van der Waals surface area contributed by atoms with E-state index in [1.165, 1.54) is 6.07 Å².